The van der Waals surface area contributed by atoms with E-state index in [1.165, 1.54) is 11.6 Å². The molecule has 6 heteroatoms. The van der Waals surface area contributed by atoms with Gasteiger partial charge in [-0.15, -0.1) is 0 Å². The van der Waals surface area contributed by atoms with Gasteiger partial charge in [0.15, 0.2) is 11.5 Å². The van der Waals surface area contributed by atoms with E-state index in [9.17, 15) is 9.59 Å². The van der Waals surface area contributed by atoms with Crippen LogP contribution >= 0.6 is 0 Å². The quantitative estimate of drug-likeness (QED) is 0.634. The van der Waals surface area contributed by atoms with Crippen LogP contribution in [0.4, 0.5) is 0 Å². The summed E-state index contributed by atoms with van der Waals surface area (Å²) in [6.45, 7) is 6.52. The lowest BCUT2D eigenvalue weighted by Crippen LogP contribution is -2.50. The molecule has 28 heavy (non-hydrogen) atoms. The van der Waals surface area contributed by atoms with Gasteiger partial charge in [0.25, 0.3) is 11.8 Å². The van der Waals surface area contributed by atoms with Crippen LogP contribution in [0, 0.1) is 0 Å². The first-order valence-corrected chi connectivity index (χ1v) is 9.10. The van der Waals surface area contributed by atoms with E-state index in [2.05, 4.69) is 31.6 Å². The van der Waals surface area contributed by atoms with Crippen molar-refractivity contribution in [2.45, 2.75) is 32.3 Å². The van der Waals surface area contributed by atoms with Crippen molar-refractivity contribution in [3.63, 3.8) is 0 Å². The van der Waals surface area contributed by atoms with Gasteiger partial charge >= 0.3 is 0 Å². The average Bonchev–Trinajstić information content (AvgIpc) is 2.69. The molecule has 0 aromatic heterocycles. The number of carbonyl (C=O) groups is 2. The van der Waals surface area contributed by atoms with Crippen molar-refractivity contribution < 1.29 is 19.1 Å². The van der Waals surface area contributed by atoms with E-state index < -0.39 is 17.9 Å². The second kappa shape index (κ2) is 8.17. The van der Waals surface area contributed by atoms with E-state index in [-0.39, 0.29) is 12.0 Å². The van der Waals surface area contributed by atoms with Gasteiger partial charge < -0.3 is 9.47 Å². The Morgan fingerprint density at radius 2 is 1.68 bits per heavy atom. The van der Waals surface area contributed by atoms with Gasteiger partial charge in [-0.1, -0.05) is 57.2 Å². The fourth-order valence-corrected chi connectivity index (χ4v) is 2.66. The van der Waals surface area contributed by atoms with Gasteiger partial charge in [0.05, 0.1) is 0 Å². The van der Waals surface area contributed by atoms with Crippen LogP contribution in [0.1, 0.15) is 31.9 Å². The monoisotopic (exact) mass is 380 g/mol. The maximum absolute atomic E-state index is 12.2. The number of nitrogens with one attached hydrogen (secondary N) is 2. The Morgan fingerprint density at radius 1 is 1.00 bits per heavy atom. The number of hydrogen-bond donors (Lipinski definition) is 2. The van der Waals surface area contributed by atoms with E-state index in [1.807, 2.05) is 30.3 Å². The highest BCUT2D eigenvalue weighted by Gasteiger charge is 2.27. The molecule has 0 fully saturated rings. The summed E-state index contributed by atoms with van der Waals surface area (Å²) in [4.78, 5) is 24.1. The third-order valence-corrected chi connectivity index (χ3v) is 4.31. The molecule has 2 amide bonds. The summed E-state index contributed by atoms with van der Waals surface area (Å²) in [5.74, 6) is 0.172. The number of amides is 2. The van der Waals surface area contributed by atoms with Gasteiger partial charge in [-0.2, -0.15) is 0 Å². The van der Waals surface area contributed by atoms with Crippen molar-refractivity contribution in [3.8, 4) is 11.5 Å². The molecule has 2 aromatic carbocycles. The molecular weight excluding hydrogens is 356 g/mol. The predicted octanol–water partition coefficient (Wildman–Crippen LogP) is 2.98. The minimum atomic E-state index is -0.830. The first-order chi connectivity index (χ1) is 13.3. The van der Waals surface area contributed by atoms with E-state index in [4.69, 9.17) is 9.47 Å². The van der Waals surface area contributed by atoms with Crippen molar-refractivity contribution in [3.05, 3.63) is 65.7 Å². The van der Waals surface area contributed by atoms with Crippen molar-refractivity contribution in [2.24, 2.45) is 0 Å². The molecule has 6 nitrogen and oxygen atoms in total. The molecule has 0 aliphatic carbocycles. The average molecular weight is 380 g/mol. The Bertz CT molecular complexity index is 882. The molecule has 0 bridgehead atoms. The molecule has 1 aliphatic rings. The first-order valence-electron chi connectivity index (χ1n) is 9.10. The second-order valence-corrected chi connectivity index (χ2v) is 7.55. The van der Waals surface area contributed by atoms with Crippen molar-refractivity contribution in [1.29, 1.82) is 0 Å². The van der Waals surface area contributed by atoms with Crippen LogP contribution in [0.3, 0.4) is 0 Å². The number of fused-ring (bicyclic) bond motifs is 1. The highest BCUT2D eigenvalue weighted by Crippen LogP contribution is 2.30. The highest BCUT2D eigenvalue weighted by atomic mass is 16.6. The number of rotatable bonds is 3. The lowest BCUT2D eigenvalue weighted by atomic mass is 9.87. The molecule has 3 rings (SSSR count). The zero-order chi connectivity index (χ0) is 20.1. The summed E-state index contributed by atoms with van der Waals surface area (Å²) in [5, 5.41) is 0. The first kappa shape index (κ1) is 19.5. The van der Waals surface area contributed by atoms with Gasteiger partial charge in [0.1, 0.15) is 6.61 Å². The third-order valence-electron chi connectivity index (χ3n) is 4.31. The van der Waals surface area contributed by atoms with Gasteiger partial charge in [0, 0.05) is 6.08 Å². The molecule has 1 unspecified atom stereocenters. The van der Waals surface area contributed by atoms with Crippen LogP contribution in [0.25, 0.3) is 6.08 Å². The molecule has 0 saturated carbocycles. The van der Waals surface area contributed by atoms with Crippen LogP contribution in [0.5, 0.6) is 11.5 Å². The number of hydrazine groups is 1. The van der Waals surface area contributed by atoms with Crippen molar-refractivity contribution >= 4 is 17.9 Å². The Hall–Kier alpha value is -3.28. The zero-order valence-corrected chi connectivity index (χ0v) is 16.2. The third kappa shape index (κ3) is 4.91. The molecule has 0 saturated heterocycles. The van der Waals surface area contributed by atoms with Gasteiger partial charge in [-0.25, -0.2) is 0 Å². The maximum atomic E-state index is 12.2. The minimum Gasteiger partial charge on any atom is -0.485 e. The molecule has 0 radical (unpaired) electrons. The number of carbonyl (C=O) groups excluding carboxylic acids is 2. The smallest absolute Gasteiger partial charge is 0.283 e. The van der Waals surface area contributed by atoms with Crippen LogP contribution in [-0.4, -0.2) is 24.5 Å². The zero-order valence-electron chi connectivity index (χ0n) is 16.2. The largest absolute Gasteiger partial charge is 0.485 e. The molecule has 0 spiro atoms. The Balaban J connectivity index is 1.49. The maximum Gasteiger partial charge on any atom is 0.283 e. The summed E-state index contributed by atoms with van der Waals surface area (Å²) in [7, 11) is 0. The van der Waals surface area contributed by atoms with E-state index in [0.717, 1.165) is 5.56 Å². The number of hydrogen-bond acceptors (Lipinski definition) is 4. The topological polar surface area (TPSA) is 76.7 Å². The Kier molecular flexibility index (Phi) is 5.68. The summed E-state index contributed by atoms with van der Waals surface area (Å²) in [6, 6.07) is 15.1. The normalized spacial score (nSPS) is 15.9. The van der Waals surface area contributed by atoms with Gasteiger partial charge in [0.2, 0.25) is 6.10 Å². The van der Waals surface area contributed by atoms with E-state index in [1.54, 1.807) is 24.3 Å². The highest BCUT2D eigenvalue weighted by molar-refractivity contribution is 5.93. The second-order valence-electron chi connectivity index (χ2n) is 7.55. The molecule has 1 heterocycles. The minimum absolute atomic E-state index is 0.0781. The summed E-state index contributed by atoms with van der Waals surface area (Å²) < 4.78 is 11.1. The van der Waals surface area contributed by atoms with Crippen LogP contribution in [-0.2, 0) is 15.0 Å². The molecule has 2 aromatic rings. The predicted molar refractivity (Wildman–Crippen MR) is 107 cm³/mol. The molecule has 146 valence electrons. The molecule has 1 atom stereocenters. The summed E-state index contributed by atoms with van der Waals surface area (Å²) >= 11 is 0. The van der Waals surface area contributed by atoms with Gasteiger partial charge in [-0.3, -0.25) is 20.4 Å². The molecule has 2 N–H and O–H groups in total. The molecule has 1 aliphatic heterocycles. The number of para-hydroxylation sites is 2. The number of benzene rings is 2. The fraction of sp³-hybridized carbons (Fsp3) is 0.273. The number of ether oxygens (including phenoxy) is 2. The Labute approximate surface area is 164 Å². The van der Waals surface area contributed by atoms with Gasteiger partial charge in [-0.05, 0) is 34.8 Å². The molecular formula is C22H24N2O4. The lowest BCUT2D eigenvalue weighted by molar-refractivity contribution is -0.134. The summed E-state index contributed by atoms with van der Waals surface area (Å²) in [5.41, 5.74) is 6.90. The van der Waals surface area contributed by atoms with E-state index >= 15 is 0 Å². The van der Waals surface area contributed by atoms with Crippen LogP contribution < -0.4 is 20.3 Å². The summed E-state index contributed by atoms with van der Waals surface area (Å²) in [6.07, 6.45) is 2.22. The Morgan fingerprint density at radius 3 is 2.36 bits per heavy atom. The van der Waals surface area contributed by atoms with E-state index in [0.29, 0.717) is 11.5 Å². The van der Waals surface area contributed by atoms with Crippen molar-refractivity contribution in [1.82, 2.24) is 10.9 Å². The fourth-order valence-electron chi connectivity index (χ4n) is 2.66. The SMILES string of the molecule is CC(C)(C)c1ccc(C=CC(=O)NNC(=O)C2COc3ccccc3O2)cc1. The van der Waals surface area contributed by atoms with Crippen molar-refractivity contribution in [2.75, 3.05) is 6.61 Å². The van der Waals surface area contributed by atoms with Crippen LogP contribution in [0.15, 0.2) is 54.6 Å². The van der Waals surface area contributed by atoms with Crippen LogP contribution in [0.2, 0.25) is 0 Å². The standard InChI is InChI=1S/C22H24N2O4/c1-22(2,3)16-11-8-15(9-12-16)10-13-20(25)23-24-21(26)19-14-27-17-6-4-5-7-18(17)28-19/h4-13,19H,14H2,1-3H3,(H,23,25)(H,24,26). The lowest BCUT2D eigenvalue weighted by Gasteiger charge is -2.25.